The number of rotatable bonds is 5. The molecule has 0 bridgehead atoms. The van der Waals surface area contributed by atoms with Crippen molar-refractivity contribution in [2.45, 2.75) is 18.2 Å². The molecule has 0 unspecified atom stereocenters. The molecule has 0 fully saturated rings. The maximum absolute atomic E-state index is 13.6. The summed E-state index contributed by atoms with van der Waals surface area (Å²) < 4.78 is 27.3. The van der Waals surface area contributed by atoms with Gasteiger partial charge in [-0.2, -0.15) is 0 Å². The first-order valence-corrected chi connectivity index (χ1v) is 15.0. The Morgan fingerprint density at radius 3 is 1.62 bits per heavy atom. The second kappa shape index (κ2) is 8.91. The number of nitrogens with zero attached hydrogens (tertiary/aromatic N) is 1. The molecule has 0 saturated heterocycles. The predicted molar refractivity (Wildman–Crippen MR) is 141 cm³/mol. The molecule has 6 rings (SSSR count). The SMILES string of the molecule is O=NP(=O)(OC1=Cc2ccccc2Sc2sccc21)OC1=Cc2ccccc2Sc2sccc21. The van der Waals surface area contributed by atoms with Crippen molar-refractivity contribution < 1.29 is 13.6 Å². The van der Waals surface area contributed by atoms with Gasteiger partial charge in [-0.3, -0.25) is 0 Å². The van der Waals surface area contributed by atoms with E-state index in [1.54, 1.807) is 58.3 Å². The highest BCUT2D eigenvalue weighted by Crippen LogP contribution is 2.59. The Kier molecular flexibility index (Phi) is 5.75. The molecule has 2 aromatic heterocycles. The second-order valence-corrected chi connectivity index (χ2v) is 13.2. The van der Waals surface area contributed by atoms with Gasteiger partial charge in [-0.1, -0.05) is 59.9 Å². The van der Waals surface area contributed by atoms with Gasteiger partial charge in [-0.05, 0) is 58.3 Å². The molecule has 2 aliphatic rings. The normalized spacial score (nSPS) is 14.2. The molecular weight excluding hydrogens is 526 g/mol. The lowest BCUT2D eigenvalue weighted by atomic mass is 10.1. The van der Waals surface area contributed by atoms with Gasteiger partial charge in [0.05, 0.1) is 13.4 Å². The molecule has 4 aromatic rings. The fourth-order valence-electron chi connectivity index (χ4n) is 3.59. The standard InChI is InChI=1S/C24H14NO4PS4/c26-25-30(27,28-19-13-15-5-1-3-7-21(15)33-23-17(19)9-11-31-23)29-20-14-16-6-2-4-8-22(16)34-24-18(20)10-12-32-24/h1-14H. The molecule has 0 N–H and O–H groups in total. The van der Waals surface area contributed by atoms with Crippen LogP contribution in [0.15, 0.2) is 94.6 Å². The first-order valence-electron chi connectivity index (χ1n) is 10.1. The number of nitroso groups, excluding NO2 is 1. The number of hydrogen-bond acceptors (Lipinski definition) is 8. The largest absolute Gasteiger partial charge is 0.600 e. The molecule has 0 radical (unpaired) electrons. The summed E-state index contributed by atoms with van der Waals surface area (Å²) in [5.41, 5.74) is 3.32. The summed E-state index contributed by atoms with van der Waals surface area (Å²) in [6, 6.07) is 19.5. The van der Waals surface area contributed by atoms with Gasteiger partial charge >= 0.3 is 7.75 Å². The van der Waals surface area contributed by atoms with Crippen LogP contribution in [0.3, 0.4) is 0 Å². The summed E-state index contributed by atoms with van der Waals surface area (Å²) in [6.45, 7) is 0. The molecule has 10 heteroatoms. The molecule has 5 nitrogen and oxygen atoms in total. The van der Waals surface area contributed by atoms with Gasteiger partial charge in [0.1, 0.15) is 11.5 Å². The van der Waals surface area contributed by atoms with Crippen molar-refractivity contribution in [3.8, 4) is 0 Å². The van der Waals surface area contributed by atoms with Crippen molar-refractivity contribution in [1.82, 2.24) is 0 Å². The topological polar surface area (TPSA) is 65.0 Å². The maximum atomic E-state index is 13.6. The molecule has 2 aromatic carbocycles. The Bertz CT molecular complexity index is 1430. The van der Waals surface area contributed by atoms with E-state index in [0.717, 1.165) is 40.5 Å². The molecule has 34 heavy (non-hydrogen) atoms. The summed E-state index contributed by atoms with van der Waals surface area (Å²) in [4.78, 5) is 16.9. The molecule has 0 saturated carbocycles. The van der Waals surface area contributed by atoms with Crippen molar-refractivity contribution in [2.24, 2.45) is 4.95 Å². The zero-order valence-corrected chi connectivity index (χ0v) is 21.4. The lowest BCUT2D eigenvalue weighted by molar-refractivity contribution is 0.355. The summed E-state index contributed by atoms with van der Waals surface area (Å²) in [5, 5.41) is 3.87. The average molecular weight is 540 g/mol. The predicted octanol–water partition coefficient (Wildman–Crippen LogP) is 9.34. The summed E-state index contributed by atoms with van der Waals surface area (Å²) in [6.07, 6.45) is 3.56. The number of hydrogen-bond donors (Lipinski definition) is 0. The van der Waals surface area contributed by atoms with Gasteiger partial charge in [0.15, 0.2) is 0 Å². The fraction of sp³-hybridized carbons (Fsp3) is 0. The Morgan fingerprint density at radius 2 is 1.15 bits per heavy atom. The highest BCUT2D eigenvalue weighted by molar-refractivity contribution is 8.01. The van der Waals surface area contributed by atoms with Crippen molar-refractivity contribution in [2.75, 3.05) is 0 Å². The lowest BCUT2D eigenvalue weighted by Crippen LogP contribution is -1.95. The highest BCUT2D eigenvalue weighted by Gasteiger charge is 2.36. The van der Waals surface area contributed by atoms with Crippen LogP contribution in [-0.4, -0.2) is 0 Å². The van der Waals surface area contributed by atoms with Crippen molar-refractivity contribution in [3.05, 3.63) is 98.6 Å². The van der Waals surface area contributed by atoms with Gasteiger partial charge in [0.25, 0.3) is 0 Å². The van der Waals surface area contributed by atoms with E-state index in [1.807, 2.05) is 71.4 Å². The monoisotopic (exact) mass is 539 g/mol. The first kappa shape index (κ1) is 21.9. The van der Waals surface area contributed by atoms with E-state index in [0.29, 0.717) is 11.5 Å². The van der Waals surface area contributed by atoms with E-state index in [2.05, 4.69) is 4.95 Å². The molecule has 2 aliphatic heterocycles. The maximum Gasteiger partial charge on any atom is 0.600 e. The van der Waals surface area contributed by atoms with Crippen molar-refractivity contribution >= 4 is 77.6 Å². The fourth-order valence-corrected chi connectivity index (χ4v) is 8.74. The zero-order chi connectivity index (χ0) is 23.1. The quantitative estimate of drug-likeness (QED) is 0.186. The number of benzene rings is 2. The van der Waals surface area contributed by atoms with Crippen molar-refractivity contribution in [3.63, 3.8) is 0 Å². The van der Waals surface area contributed by atoms with Crippen LogP contribution in [0.1, 0.15) is 22.3 Å². The van der Waals surface area contributed by atoms with Crippen LogP contribution in [0.4, 0.5) is 0 Å². The lowest BCUT2D eigenvalue weighted by Gasteiger charge is -2.17. The van der Waals surface area contributed by atoms with Crippen LogP contribution in [0.5, 0.6) is 0 Å². The van der Waals surface area contributed by atoms with Crippen LogP contribution in [0.25, 0.3) is 23.7 Å². The van der Waals surface area contributed by atoms with Gasteiger partial charge in [0.2, 0.25) is 0 Å². The Labute approximate surface area is 212 Å². The third-order valence-electron chi connectivity index (χ3n) is 5.13. The van der Waals surface area contributed by atoms with Gasteiger partial charge < -0.3 is 9.05 Å². The average Bonchev–Trinajstić information content (AvgIpc) is 3.44. The Morgan fingerprint density at radius 1 is 0.676 bits per heavy atom. The van der Waals surface area contributed by atoms with E-state index in [-0.39, 0.29) is 0 Å². The van der Waals surface area contributed by atoms with E-state index in [1.165, 1.54) is 0 Å². The smallest absolute Gasteiger partial charge is 0.397 e. The van der Waals surface area contributed by atoms with Crippen LogP contribution in [-0.2, 0) is 13.6 Å². The molecule has 0 amide bonds. The third kappa shape index (κ3) is 4.08. The number of fused-ring (bicyclic) bond motifs is 4. The van der Waals surface area contributed by atoms with E-state index >= 15 is 0 Å². The summed E-state index contributed by atoms with van der Waals surface area (Å²) in [7, 11) is -4.44. The molecular formula is C24H14NO4PS4. The summed E-state index contributed by atoms with van der Waals surface area (Å²) >= 11 is 6.31. The molecule has 0 atom stereocenters. The Balaban J connectivity index is 1.40. The molecule has 0 spiro atoms. The number of thiophene rings is 2. The molecule has 168 valence electrons. The van der Waals surface area contributed by atoms with Gasteiger partial charge in [-0.15, -0.1) is 27.6 Å². The summed E-state index contributed by atoms with van der Waals surface area (Å²) in [5.74, 6) is 0.595. The van der Waals surface area contributed by atoms with Gasteiger partial charge in [-0.25, -0.2) is 4.57 Å². The van der Waals surface area contributed by atoms with E-state index in [4.69, 9.17) is 9.05 Å². The minimum Gasteiger partial charge on any atom is -0.397 e. The van der Waals surface area contributed by atoms with Crippen LogP contribution >= 0.6 is 53.9 Å². The Hall–Kier alpha value is -2.55. The van der Waals surface area contributed by atoms with Gasteiger partial charge in [0, 0.05) is 20.9 Å². The first-order chi connectivity index (χ1) is 16.6. The molecule has 0 aliphatic carbocycles. The minimum absolute atomic E-state index is 0.297. The highest BCUT2D eigenvalue weighted by atomic mass is 32.2. The van der Waals surface area contributed by atoms with Crippen molar-refractivity contribution in [1.29, 1.82) is 0 Å². The van der Waals surface area contributed by atoms with Crippen LogP contribution in [0.2, 0.25) is 0 Å². The minimum atomic E-state index is -4.44. The van der Waals surface area contributed by atoms with Crippen LogP contribution in [0, 0.1) is 4.91 Å². The second-order valence-electron chi connectivity index (χ2n) is 7.27. The third-order valence-corrected chi connectivity index (χ3v) is 10.7. The molecule has 4 heterocycles. The van der Waals surface area contributed by atoms with Crippen LogP contribution < -0.4 is 0 Å². The zero-order valence-electron chi connectivity index (χ0n) is 17.2. The van der Waals surface area contributed by atoms with E-state index < -0.39 is 7.75 Å². The van der Waals surface area contributed by atoms with E-state index in [9.17, 15) is 9.47 Å².